The Kier molecular flexibility index (Phi) is 3.05. The lowest BCUT2D eigenvalue weighted by molar-refractivity contribution is 0.0960. The normalized spacial score (nSPS) is 9.50. The summed E-state index contributed by atoms with van der Waals surface area (Å²) in [6, 6.07) is 5.30. The fourth-order valence-corrected chi connectivity index (χ4v) is 0.885. The van der Waals surface area contributed by atoms with Crippen LogP contribution in [-0.2, 0) is 0 Å². The molecule has 12 heavy (non-hydrogen) atoms. The maximum atomic E-state index is 12.4. The van der Waals surface area contributed by atoms with Gasteiger partial charge in [-0.1, -0.05) is 0 Å². The lowest BCUT2D eigenvalue weighted by Crippen LogP contribution is -2.21. The average molecular weight is 188 g/mol. The van der Waals surface area contributed by atoms with Crippen molar-refractivity contribution in [3.63, 3.8) is 0 Å². The van der Waals surface area contributed by atoms with Crippen LogP contribution in [0, 0.1) is 5.82 Å². The number of carbonyl (C=O) groups is 1. The molecule has 0 fully saturated rings. The zero-order valence-electron chi connectivity index (χ0n) is 6.18. The van der Waals surface area contributed by atoms with E-state index in [0.29, 0.717) is 5.56 Å². The molecule has 0 heterocycles. The van der Waals surface area contributed by atoms with E-state index in [1.54, 1.807) is 0 Å². The maximum Gasteiger partial charge on any atom is 0.252 e. The van der Waals surface area contributed by atoms with Crippen molar-refractivity contribution in [3.05, 3.63) is 35.6 Å². The van der Waals surface area contributed by atoms with Gasteiger partial charge in [-0.15, -0.1) is 11.6 Å². The molecule has 64 valence electrons. The lowest BCUT2D eigenvalue weighted by Gasteiger charge is -1.99. The molecule has 1 amide bonds. The third kappa shape index (κ3) is 2.20. The third-order valence-corrected chi connectivity index (χ3v) is 1.47. The van der Waals surface area contributed by atoms with Gasteiger partial charge in [0.15, 0.2) is 0 Å². The highest BCUT2D eigenvalue weighted by Gasteiger charge is 2.02. The molecule has 0 aliphatic heterocycles. The molecule has 0 saturated heterocycles. The van der Waals surface area contributed by atoms with Crippen LogP contribution >= 0.6 is 11.6 Å². The minimum absolute atomic E-state index is 0.0518. The molecule has 1 aromatic carbocycles. The van der Waals surface area contributed by atoms with Crippen LogP contribution in [0.3, 0.4) is 0 Å². The summed E-state index contributed by atoms with van der Waals surface area (Å²) in [5.74, 6) is -0.664. The van der Waals surface area contributed by atoms with Gasteiger partial charge in [0, 0.05) is 5.56 Å². The van der Waals surface area contributed by atoms with E-state index in [0.717, 1.165) is 0 Å². The van der Waals surface area contributed by atoms with Crippen LogP contribution in [0.1, 0.15) is 10.4 Å². The minimum Gasteiger partial charge on any atom is -0.339 e. The molecule has 0 atom stereocenters. The zero-order chi connectivity index (χ0) is 8.97. The Labute approximate surface area is 74.3 Å². The quantitative estimate of drug-likeness (QED) is 0.555. The number of benzene rings is 1. The van der Waals surface area contributed by atoms with Crippen LogP contribution in [0.4, 0.5) is 4.39 Å². The maximum absolute atomic E-state index is 12.4. The second-order valence-corrected chi connectivity index (χ2v) is 2.41. The molecule has 4 heteroatoms. The number of rotatable bonds is 2. The molecule has 0 radical (unpaired) electrons. The van der Waals surface area contributed by atoms with Crippen molar-refractivity contribution in [1.82, 2.24) is 5.32 Å². The smallest absolute Gasteiger partial charge is 0.252 e. The molecule has 1 aromatic rings. The van der Waals surface area contributed by atoms with Crippen molar-refractivity contribution in [1.29, 1.82) is 0 Å². The number of halogens is 2. The van der Waals surface area contributed by atoms with Gasteiger partial charge in [-0.25, -0.2) is 4.39 Å². The van der Waals surface area contributed by atoms with E-state index in [2.05, 4.69) is 5.32 Å². The van der Waals surface area contributed by atoms with E-state index in [-0.39, 0.29) is 17.7 Å². The summed E-state index contributed by atoms with van der Waals surface area (Å²) in [6.45, 7) is 0. The Morgan fingerprint density at radius 3 is 2.50 bits per heavy atom. The fraction of sp³-hybridized carbons (Fsp3) is 0.125. The Balaban J connectivity index is 2.75. The number of hydrogen-bond donors (Lipinski definition) is 1. The van der Waals surface area contributed by atoms with Crippen molar-refractivity contribution in [2.45, 2.75) is 0 Å². The van der Waals surface area contributed by atoms with Crippen molar-refractivity contribution in [2.75, 3.05) is 6.00 Å². The molecule has 1 rings (SSSR count). The first-order valence-corrected chi connectivity index (χ1v) is 3.87. The number of nitrogens with one attached hydrogen (secondary N) is 1. The average Bonchev–Trinajstić information content (AvgIpc) is 2.06. The predicted octanol–water partition coefficient (Wildman–Crippen LogP) is 1.75. The summed E-state index contributed by atoms with van der Waals surface area (Å²) < 4.78 is 12.4. The van der Waals surface area contributed by atoms with E-state index in [1.807, 2.05) is 0 Å². The first kappa shape index (κ1) is 9.00. The Bertz CT molecular complexity index is 273. The van der Waals surface area contributed by atoms with E-state index >= 15 is 0 Å². The largest absolute Gasteiger partial charge is 0.339 e. The van der Waals surface area contributed by atoms with Gasteiger partial charge >= 0.3 is 0 Å². The monoisotopic (exact) mass is 187 g/mol. The van der Waals surface area contributed by atoms with Gasteiger partial charge in [-0.2, -0.15) is 0 Å². The third-order valence-electron chi connectivity index (χ3n) is 1.33. The van der Waals surface area contributed by atoms with E-state index in [1.165, 1.54) is 24.3 Å². The second-order valence-electron chi connectivity index (χ2n) is 2.15. The highest BCUT2D eigenvalue weighted by molar-refractivity contribution is 6.19. The first-order chi connectivity index (χ1) is 5.74. The van der Waals surface area contributed by atoms with Gasteiger partial charge in [0.1, 0.15) is 5.82 Å². The Morgan fingerprint density at radius 1 is 1.42 bits per heavy atom. The molecule has 2 nitrogen and oxygen atoms in total. The standard InChI is InChI=1S/C8H7ClFNO/c9-5-11-8(12)6-1-3-7(10)4-2-6/h1-4H,5H2,(H,11,12). The molecule has 0 saturated carbocycles. The molecule has 0 spiro atoms. The highest BCUT2D eigenvalue weighted by atomic mass is 35.5. The zero-order valence-corrected chi connectivity index (χ0v) is 6.94. The van der Waals surface area contributed by atoms with E-state index in [4.69, 9.17) is 11.6 Å². The number of alkyl halides is 1. The van der Waals surface area contributed by atoms with E-state index < -0.39 is 0 Å². The fourth-order valence-electron chi connectivity index (χ4n) is 0.764. The summed E-state index contributed by atoms with van der Waals surface area (Å²) in [4.78, 5) is 11.0. The Hall–Kier alpha value is -1.09. The van der Waals surface area contributed by atoms with Crippen molar-refractivity contribution < 1.29 is 9.18 Å². The molecule has 0 aliphatic rings. The van der Waals surface area contributed by atoms with Crippen LogP contribution in [0.5, 0.6) is 0 Å². The molecule has 0 unspecified atom stereocenters. The lowest BCUT2D eigenvalue weighted by atomic mass is 10.2. The summed E-state index contributed by atoms with van der Waals surface area (Å²) in [6.07, 6.45) is 0. The summed E-state index contributed by atoms with van der Waals surface area (Å²) in [7, 11) is 0. The van der Waals surface area contributed by atoms with Gasteiger partial charge in [-0.05, 0) is 24.3 Å². The summed E-state index contributed by atoms with van der Waals surface area (Å²) in [5.41, 5.74) is 0.400. The molecular formula is C8H7ClFNO. The molecule has 1 N–H and O–H groups in total. The van der Waals surface area contributed by atoms with Gasteiger partial charge in [-0.3, -0.25) is 4.79 Å². The summed E-state index contributed by atoms with van der Waals surface area (Å²) >= 11 is 5.27. The van der Waals surface area contributed by atoms with Crippen molar-refractivity contribution >= 4 is 17.5 Å². The van der Waals surface area contributed by atoms with Crippen LogP contribution in [0.25, 0.3) is 0 Å². The topological polar surface area (TPSA) is 29.1 Å². The molecular weight excluding hydrogens is 181 g/mol. The van der Waals surface area contributed by atoms with Gasteiger partial charge in [0.25, 0.3) is 5.91 Å². The second kappa shape index (κ2) is 4.07. The minimum atomic E-state index is -0.363. The van der Waals surface area contributed by atoms with Gasteiger partial charge in [0.2, 0.25) is 0 Å². The SMILES string of the molecule is O=C(NCCl)c1ccc(F)cc1. The van der Waals surface area contributed by atoms with Crippen LogP contribution in [-0.4, -0.2) is 11.9 Å². The van der Waals surface area contributed by atoms with Crippen LogP contribution in [0.2, 0.25) is 0 Å². The summed E-state index contributed by atoms with van der Waals surface area (Å²) in [5, 5.41) is 2.39. The highest BCUT2D eigenvalue weighted by Crippen LogP contribution is 2.01. The number of hydrogen-bond acceptors (Lipinski definition) is 1. The van der Waals surface area contributed by atoms with Crippen molar-refractivity contribution in [3.8, 4) is 0 Å². The first-order valence-electron chi connectivity index (χ1n) is 3.34. The predicted molar refractivity (Wildman–Crippen MR) is 44.6 cm³/mol. The number of amides is 1. The van der Waals surface area contributed by atoms with E-state index in [9.17, 15) is 9.18 Å². The Morgan fingerprint density at radius 2 is 2.00 bits per heavy atom. The molecule has 0 aliphatic carbocycles. The van der Waals surface area contributed by atoms with Crippen LogP contribution in [0.15, 0.2) is 24.3 Å². The van der Waals surface area contributed by atoms with Crippen LogP contribution < -0.4 is 5.32 Å². The number of carbonyl (C=O) groups excluding carboxylic acids is 1. The molecule has 0 bridgehead atoms. The molecule has 0 aromatic heterocycles. The van der Waals surface area contributed by atoms with Gasteiger partial charge < -0.3 is 5.32 Å². The van der Waals surface area contributed by atoms with Gasteiger partial charge in [0.05, 0.1) is 6.00 Å². The van der Waals surface area contributed by atoms with Crippen molar-refractivity contribution in [2.24, 2.45) is 0 Å².